The molecule has 1 aliphatic heterocycles. The van der Waals surface area contributed by atoms with E-state index in [0.717, 1.165) is 0 Å². The standard InChI is InChI=1S/C15H28N2O4/c1-10-9-21-11(2)8-17(10)14(20)16-7-12(13(18)19)6-15(3,4)5/h10-12H,6-9H2,1-5H3,(H,16,20)(H,18,19). The Morgan fingerprint density at radius 2 is 2.00 bits per heavy atom. The Kier molecular flexibility index (Phi) is 6.01. The molecule has 0 aliphatic carbocycles. The number of aliphatic carboxylic acids is 1. The zero-order valence-corrected chi connectivity index (χ0v) is 13.7. The van der Waals surface area contributed by atoms with E-state index in [1.54, 1.807) is 4.90 Å². The van der Waals surface area contributed by atoms with Crippen LogP contribution in [0.15, 0.2) is 0 Å². The van der Waals surface area contributed by atoms with Crippen LogP contribution in [-0.2, 0) is 9.53 Å². The fourth-order valence-electron chi connectivity index (χ4n) is 2.48. The van der Waals surface area contributed by atoms with Crippen LogP contribution in [0, 0.1) is 11.3 Å². The summed E-state index contributed by atoms with van der Waals surface area (Å²) < 4.78 is 5.48. The van der Waals surface area contributed by atoms with Gasteiger partial charge < -0.3 is 20.1 Å². The number of nitrogens with one attached hydrogen (secondary N) is 1. The summed E-state index contributed by atoms with van der Waals surface area (Å²) in [6.07, 6.45) is 0.536. The Balaban J connectivity index is 2.55. The van der Waals surface area contributed by atoms with Crippen molar-refractivity contribution in [2.24, 2.45) is 11.3 Å². The van der Waals surface area contributed by atoms with Crippen molar-refractivity contribution in [3.05, 3.63) is 0 Å². The Morgan fingerprint density at radius 1 is 1.38 bits per heavy atom. The van der Waals surface area contributed by atoms with Gasteiger partial charge in [-0.05, 0) is 25.7 Å². The molecule has 122 valence electrons. The van der Waals surface area contributed by atoms with Crippen LogP contribution in [0.1, 0.15) is 41.0 Å². The number of rotatable bonds is 4. The molecule has 0 aromatic rings. The van der Waals surface area contributed by atoms with Crippen LogP contribution < -0.4 is 5.32 Å². The van der Waals surface area contributed by atoms with Crippen molar-refractivity contribution < 1.29 is 19.4 Å². The topological polar surface area (TPSA) is 78.9 Å². The third kappa shape index (κ3) is 5.91. The summed E-state index contributed by atoms with van der Waals surface area (Å²) in [6.45, 7) is 11.0. The van der Waals surface area contributed by atoms with Crippen LogP contribution in [0.2, 0.25) is 0 Å². The zero-order valence-electron chi connectivity index (χ0n) is 13.7. The number of nitrogens with zero attached hydrogens (tertiary/aromatic N) is 1. The summed E-state index contributed by atoms with van der Waals surface area (Å²) in [6, 6.07) is -0.204. The number of carbonyl (C=O) groups excluding carboxylic acids is 1. The molecule has 1 rings (SSSR count). The van der Waals surface area contributed by atoms with E-state index in [1.165, 1.54) is 0 Å². The van der Waals surface area contributed by atoms with Gasteiger partial charge in [0.2, 0.25) is 0 Å². The molecule has 2 N–H and O–H groups in total. The van der Waals surface area contributed by atoms with Crippen molar-refractivity contribution in [1.29, 1.82) is 0 Å². The SMILES string of the molecule is CC1CN(C(=O)NCC(CC(C)(C)C)C(=O)O)C(C)CO1. The molecule has 0 radical (unpaired) electrons. The van der Waals surface area contributed by atoms with E-state index >= 15 is 0 Å². The van der Waals surface area contributed by atoms with Crippen LogP contribution in [0.3, 0.4) is 0 Å². The van der Waals surface area contributed by atoms with Crippen molar-refractivity contribution in [1.82, 2.24) is 10.2 Å². The molecule has 1 fully saturated rings. The predicted octanol–water partition coefficient (Wildman–Crippen LogP) is 1.94. The first-order chi connectivity index (χ1) is 9.60. The highest BCUT2D eigenvalue weighted by atomic mass is 16.5. The fourth-order valence-corrected chi connectivity index (χ4v) is 2.48. The Morgan fingerprint density at radius 3 is 2.52 bits per heavy atom. The number of amides is 2. The van der Waals surface area contributed by atoms with Gasteiger partial charge in [-0.15, -0.1) is 0 Å². The third-order valence-corrected chi connectivity index (χ3v) is 3.58. The van der Waals surface area contributed by atoms with Crippen LogP contribution in [-0.4, -0.2) is 53.8 Å². The third-order valence-electron chi connectivity index (χ3n) is 3.58. The maximum atomic E-state index is 12.2. The lowest BCUT2D eigenvalue weighted by atomic mass is 9.84. The van der Waals surface area contributed by atoms with Crippen molar-refractivity contribution in [3.63, 3.8) is 0 Å². The van der Waals surface area contributed by atoms with Crippen LogP contribution >= 0.6 is 0 Å². The molecule has 6 heteroatoms. The molecule has 2 amide bonds. The van der Waals surface area contributed by atoms with Crippen LogP contribution in [0.5, 0.6) is 0 Å². The number of hydrogen-bond donors (Lipinski definition) is 2. The quantitative estimate of drug-likeness (QED) is 0.831. The first kappa shape index (κ1) is 17.8. The highest BCUT2D eigenvalue weighted by molar-refractivity contribution is 5.76. The second-order valence-electron chi connectivity index (χ2n) is 7.13. The monoisotopic (exact) mass is 300 g/mol. The van der Waals surface area contributed by atoms with Crippen molar-refractivity contribution in [2.75, 3.05) is 19.7 Å². The first-order valence-corrected chi connectivity index (χ1v) is 7.49. The lowest BCUT2D eigenvalue weighted by Gasteiger charge is -2.37. The van der Waals surface area contributed by atoms with Gasteiger partial charge in [-0.3, -0.25) is 4.79 Å². The number of carboxylic acid groups (broad SMARTS) is 1. The lowest BCUT2D eigenvalue weighted by Crippen LogP contribution is -2.54. The average molecular weight is 300 g/mol. The molecule has 0 aromatic carbocycles. The predicted molar refractivity (Wildman–Crippen MR) is 80.2 cm³/mol. The number of hydrogen-bond acceptors (Lipinski definition) is 3. The summed E-state index contributed by atoms with van der Waals surface area (Å²) in [4.78, 5) is 25.2. The smallest absolute Gasteiger partial charge is 0.317 e. The molecular formula is C15H28N2O4. The number of carboxylic acids is 1. The van der Waals surface area contributed by atoms with E-state index in [0.29, 0.717) is 19.6 Å². The minimum absolute atomic E-state index is 0.00657. The van der Waals surface area contributed by atoms with Crippen LogP contribution in [0.25, 0.3) is 0 Å². The van der Waals surface area contributed by atoms with Crippen molar-refractivity contribution >= 4 is 12.0 Å². The van der Waals surface area contributed by atoms with E-state index in [1.807, 2.05) is 34.6 Å². The molecule has 0 bridgehead atoms. The Hall–Kier alpha value is -1.30. The van der Waals surface area contributed by atoms with E-state index in [4.69, 9.17) is 4.74 Å². The number of urea groups is 1. The highest BCUT2D eigenvalue weighted by Gasteiger charge is 2.29. The normalized spacial score (nSPS) is 24.5. The van der Waals surface area contributed by atoms with Crippen molar-refractivity contribution in [3.8, 4) is 0 Å². The molecule has 1 aliphatic rings. The van der Waals surface area contributed by atoms with E-state index in [-0.39, 0.29) is 30.1 Å². The molecular weight excluding hydrogens is 272 g/mol. The number of ether oxygens (including phenoxy) is 1. The maximum Gasteiger partial charge on any atom is 0.317 e. The number of morpholine rings is 1. The first-order valence-electron chi connectivity index (χ1n) is 7.49. The summed E-state index contributed by atoms with van der Waals surface area (Å²) in [5, 5.41) is 12.0. The van der Waals surface area contributed by atoms with E-state index < -0.39 is 11.9 Å². The van der Waals surface area contributed by atoms with Gasteiger partial charge in [-0.2, -0.15) is 0 Å². The van der Waals surface area contributed by atoms with Gasteiger partial charge in [-0.25, -0.2) is 4.79 Å². The van der Waals surface area contributed by atoms with Gasteiger partial charge in [-0.1, -0.05) is 20.8 Å². The zero-order chi connectivity index (χ0) is 16.2. The molecule has 1 saturated heterocycles. The van der Waals surface area contributed by atoms with Crippen LogP contribution in [0.4, 0.5) is 4.79 Å². The second kappa shape index (κ2) is 7.11. The molecule has 0 spiro atoms. The molecule has 3 atom stereocenters. The van der Waals surface area contributed by atoms with E-state index in [2.05, 4.69) is 5.32 Å². The van der Waals surface area contributed by atoms with Gasteiger partial charge in [0.05, 0.1) is 24.7 Å². The summed E-state index contributed by atoms with van der Waals surface area (Å²) in [5.74, 6) is -1.43. The summed E-state index contributed by atoms with van der Waals surface area (Å²) >= 11 is 0. The molecule has 21 heavy (non-hydrogen) atoms. The fraction of sp³-hybridized carbons (Fsp3) is 0.867. The molecule has 1 heterocycles. The van der Waals surface area contributed by atoms with Gasteiger partial charge in [0.25, 0.3) is 0 Å². The highest BCUT2D eigenvalue weighted by Crippen LogP contribution is 2.24. The summed E-state index contributed by atoms with van der Waals surface area (Å²) in [5.41, 5.74) is -0.0887. The Labute approximate surface area is 126 Å². The van der Waals surface area contributed by atoms with Gasteiger partial charge >= 0.3 is 12.0 Å². The summed E-state index contributed by atoms with van der Waals surface area (Å²) in [7, 11) is 0. The minimum atomic E-state index is -0.867. The largest absolute Gasteiger partial charge is 0.481 e. The molecule has 6 nitrogen and oxygen atoms in total. The minimum Gasteiger partial charge on any atom is -0.481 e. The number of carbonyl (C=O) groups is 2. The maximum absolute atomic E-state index is 12.2. The molecule has 3 unspecified atom stereocenters. The van der Waals surface area contributed by atoms with E-state index in [9.17, 15) is 14.7 Å². The van der Waals surface area contributed by atoms with Crippen molar-refractivity contribution in [2.45, 2.75) is 53.2 Å². The molecule has 0 aromatic heterocycles. The second-order valence-corrected chi connectivity index (χ2v) is 7.13. The Bertz CT molecular complexity index is 378. The average Bonchev–Trinajstić information content (AvgIpc) is 2.35. The lowest BCUT2D eigenvalue weighted by molar-refractivity contribution is -0.142. The van der Waals surface area contributed by atoms with Gasteiger partial charge in [0.15, 0.2) is 0 Å². The van der Waals surface area contributed by atoms with Gasteiger partial charge in [0.1, 0.15) is 0 Å². The van der Waals surface area contributed by atoms with Gasteiger partial charge in [0, 0.05) is 13.1 Å². The molecule has 0 saturated carbocycles.